The molecule has 2 N–H and O–H groups in total. The lowest BCUT2D eigenvalue weighted by molar-refractivity contribution is -0.114. The van der Waals surface area contributed by atoms with Crippen LogP contribution >= 0.6 is 0 Å². The summed E-state index contributed by atoms with van der Waals surface area (Å²) in [4.78, 5) is 11.9. The molecule has 5 nitrogen and oxygen atoms in total. The molecule has 0 saturated carbocycles. The Morgan fingerprint density at radius 3 is 1.85 bits per heavy atom. The first kappa shape index (κ1) is 18.3. The van der Waals surface area contributed by atoms with E-state index >= 15 is 0 Å². The number of ether oxygens (including phenoxy) is 2. The van der Waals surface area contributed by atoms with E-state index in [4.69, 9.17) is 9.47 Å². The molecule has 0 aliphatic rings. The number of carbonyl (C=O) groups excluding carboxylic acids is 1. The lowest BCUT2D eigenvalue weighted by Crippen LogP contribution is -2.21. The first-order valence-electron chi connectivity index (χ1n) is 8.79. The minimum absolute atomic E-state index is 0.0976. The number of hydrogen-bond acceptors (Lipinski definition) is 4. The van der Waals surface area contributed by atoms with E-state index < -0.39 is 0 Å². The molecule has 1 amide bonds. The van der Waals surface area contributed by atoms with Crippen molar-refractivity contribution < 1.29 is 14.3 Å². The highest BCUT2D eigenvalue weighted by Crippen LogP contribution is 2.16. The Kier molecular flexibility index (Phi) is 6.70. The quantitative estimate of drug-likeness (QED) is 0.560. The third-order valence-electron chi connectivity index (χ3n) is 3.73. The molecule has 0 atom stereocenters. The van der Waals surface area contributed by atoms with Crippen molar-refractivity contribution >= 4 is 17.3 Å². The van der Waals surface area contributed by atoms with E-state index in [-0.39, 0.29) is 12.5 Å². The molecule has 0 heterocycles. The molecular weight excluding hydrogens is 340 g/mol. The van der Waals surface area contributed by atoms with Crippen molar-refractivity contribution in [3.05, 3.63) is 84.9 Å². The third kappa shape index (κ3) is 6.40. The average molecular weight is 362 g/mol. The van der Waals surface area contributed by atoms with Crippen molar-refractivity contribution in [2.75, 3.05) is 30.4 Å². The second-order valence-electron chi connectivity index (χ2n) is 5.80. The van der Waals surface area contributed by atoms with Gasteiger partial charge in [0.05, 0.1) is 6.54 Å². The van der Waals surface area contributed by atoms with Gasteiger partial charge in [-0.2, -0.15) is 0 Å². The van der Waals surface area contributed by atoms with Gasteiger partial charge < -0.3 is 20.1 Å². The third-order valence-corrected chi connectivity index (χ3v) is 3.73. The van der Waals surface area contributed by atoms with Crippen LogP contribution in [0.1, 0.15) is 0 Å². The first-order valence-corrected chi connectivity index (χ1v) is 8.79. The van der Waals surface area contributed by atoms with Gasteiger partial charge in [-0.25, -0.2) is 0 Å². The number of benzene rings is 3. The van der Waals surface area contributed by atoms with E-state index in [1.807, 2.05) is 84.9 Å². The topological polar surface area (TPSA) is 59.6 Å². The normalized spacial score (nSPS) is 10.1. The Bertz CT molecular complexity index is 821. The maximum atomic E-state index is 11.9. The minimum Gasteiger partial charge on any atom is -0.490 e. The molecule has 0 fully saturated rings. The van der Waals surface area contributed by atoms with E-state index in [0.29, 0.717) is 13.2 Å². The molecule has 3 rings (SSSR count). The van der Waals surface area contributed by atoms with Crippen molar-refractivity contribution in [3.8, 4) is 11.5 Å². The maximum absolute atomic E-state index is 11.9. The smallest absolute Gasteiger partial charge is 0.243 e. The van der Waals surface area contributed by atoms with Gasteiger partial charge in [0.15, 0.2) is 0 Å². The van der Waals surface area contributed by atoms with Crippen LogP contribution in [0.4, 0.5) is 11.4 Å². The summed E-state index contributed by atoms with van der Waals surface area (Å²) in [7, 11) is 0. The van der Waals surface area contributed by atoms with E-state index in [9.17, 15) is 4.79 Å². The number of anilines is 2. The zero-order valence-electron chi connectivity index (χ0n) is 14.9. The molecule has 3 aromatic rings. The van der Waals surface area contributed by atoms with Crippen LogP contribution in [0.25, 0.3) is 0 Å². The van der Waals surface area contributed by atoms with Crippen LogP contribution < -0.4 is 20.1 Å². The summed E-state index contributed by atoms with van der Waals surface area (Å²) >= 11 is 0. The van der Waals surface area contributed by atoms with E-state index in [0.717, 1.165) is 22.9 Å². The summed E-state index contributed by atoms with van der Waals surface area (Å²) in [5, 5.41) is 5.92. The maximum Gasteiger partial charge on any atom is 0.243 e. The monoisotopic (exact) mass is 362 g/mol. The Labute approximate surface area is 158 Å². The zero-order chi connectivity index (χ0) is 18.7. The van der Waals surface area contributed by atoms with Crippen LogP contribution in [0.3, 0.4) is 0 Å². The molecule has 0 spiro atoms. The molecular formula is C22H22N2O3. The Hall–Kier alpha value is -3.47. The summed E-state index contributed by atoms with van der Waals surface area (Å²) in [6.45, 7) is 1.13. The van der Waals surface area contributed by atoms with Crippen LogP contribution in [-0.4, -0.2) is 25.7 Å². The molecule has 0 aliphatic heterocycles. The highest BCUT2D eigenvalue weighted by molar-refractivity contribution is 5.93. The Morgan fingerprint density at radius 1 is 0.667 bits per heavy atom. The average Bonchev–Trinajstić information content (AvgIpc) is 2.72. The molecule has 0 bridgehead atoms. The fourth-order valence-corrected chi connectivity index (χ4v) is 2.41. The van der Waals surface area contributed by atoms with Crippen molar-refractivity contribution in [2.24, 2.45) is 0 Å². The van der Waals surface area contributed by atoms with Gasteiger partial charge in [-0.1, -0.05) is 36.4 Å². The molecule has 5 heteroatoms. The van der Waals surface area contributed by atoms with E-state index in [1.54, 1.807) is 0 Å². The highest BCUT2D eigenvalue weighted by atomic mass is 16.5. The molecule has 3 aromatic carbocycles. The summed E-state index contributed by atoms with van der Waals surface area (Å²) < 4.78 is 11.2. The van der Waals surface area contributed by atoms with Crippen LogP contribution in [0.2, 0.25) is 0 Å². The van der Waals surface area contributed by atoms with E-state index in [2.05, 4.69) is 10.6 Å². The van der Waals surface area contributed by atoms with Crippen LogP contribution in [-0.2, 0) is 4.79 Å². The largest absolute Gasteiger partial charge is 0.490 e. The summed E-state index contributed by atoms with van der Waals surface area (Å²) in [6.07, 6.45) is 0. The lowest BCUT2D eigenvalue weighted by atomic mass is 10.3. The fraction of sp³-hybridized carbons (Fsp3) is 0.136. The predicted molar refractivity (Wildman–Crippen MR) is 107 cm³/mol. The second-order valence-corrected chi connectivity index (χ2v) is 5.80. The molecule has 27 heavy (non-hydrogen) atoms. The first-order chi connectivity index (χ1) is 13.3. The van der Waals surface area contributed by atoms with Crippen LogP contribution in [0.15, 0.2) is 84.9 Å². The zero-order valence-corrected chi connectivity index (χ0v) is 14.9. The van der Waals surface area contributed by atoms with Crippen LogP contribution in [0.5, 0.6) is 11.5 Å². The standard InChI is InChI=1S/C22H22N2O3/c25-22(24-19-7-3-1-4-8-19)17-23-18-11-13-21(14-12-18)27-16-15-26-20-9-5-2-6-10-20/h1-14,23H,15-17H2,(H,24,25). The van der Waals surface area contributed by atoms with Gasteiger partial charge in [0, 0.05) is 11.4 Å². The van der Waals surface area contributed by atoms with Crippen LogP contribution in [0, 0.1) is 0 Å². The fourth-order valence-electron chi connectivity index (χ4n) is 2.41. The second kappa shape index (κ2) is 9.87. The van der Waals surface area contributed by atoms with Crippen molar-refractivity contribution in [2.45, 2.75) is 0 Å². The minimum atomic E-state index is -0.0976. The number of hydrogen-bond donors (Lipinski definition) is 2. The van der Waals surface area contributed by atoms with E-state index in [1.165, 1.54) is 0 Å². The van der Waals surface area contributed by atoms with Crippen molar-refractivity contribution in [1.29, 1.82) is 0 Å². The number of para-hydroxylation sites is 2. The summed E-state index contributed by atoms with van der Waals surface area (Å²) in [5.41, 5.74) is 1.64. The number of carbonyl (C=O) groups is 1. The number of rotatable bonds is 9. The molecule has 138 valence electrons. The highest BCUT2D eigenvalue weighted by Gasteiger charge is 2.02. The predicted octanol–water partition coefficient (Wildman–Crippen LogP) is 4.20. The number of nitrogens with one attached hydrogen (secondary N) is 2. The van der Waals surface area contributed by atoms with Gasteiger partial charge in [0.1, 0.15) is 24.7 Å². The Morgan fingerprint density at radius 2 is 1.22 bits per heavy atom. The Balaban J connectivity index is 1.36. The SMILES string of the molecule is O=C(CNc1ccc(OCCOc2ccccc2)cc1)Nc1ccccc1. The number of amides is 1. The lowest BCUT2D eigenvalue weighted by Gasteiger charge is -2.10. The molecule has 0 radical (unpaired) electrons. The van der Waals surface area contributed by atoms with Gasteiger partial charge >= 0.3 is 0 Å². The molecule has 0 unspecified atom stereocenters. The van der Waals surface area contributed by atoms with Gasteiger partial charge in [-0.05, 0) is 48.5 Å². The van der Waals surface area contributed by atoms with Crippen molar-refractivity contribution in [3.63, 3.8) is 0 Å². The summed E-state index contributed by atoms with van der Waals surface area (Å²) in [6, 6.07) is 26.5. The summed E-state index contributed by atoms with van der Waals surface area (Å²) in [5.74, 6) is 1.49. The van der Waals surface area contributed by atoms with Gasteiger partial charge in [0.2, 0.25) is 5.91 Å². The van der Waals surface area contributed by atoms with Gasteiger partial charge in [0.25, 0.3) is 0 Å². The van der Waals surface area contributed by atoms with Gasteiger partial charge in [-0.15, -0.1) is 0 Å². The molecule has 0 saturated heterocycles. The molecule has 0 aromatic heterocycles. The molecule has 0 aliphatic carbocycles. The van der Waals surface area contributed by atoms with Gasteiger partial charge in [-0.3, -0.25) is 4.79 Å². The van der Waals surface area contributed by atoms with Crippen molar-refractivity contribution in [1.82, 2.24) is 0 Å².